The molecular weight excluding hydrogens is 354 g/mol. The topological polar surface area (TPSA) is 57.8 Å². The van der Waals surface area contributed by atoms with Gasteiger partial charge < -0.3 is 24.3 Å². The highest BCUT2D eigenvalue weighted by atomic mass is 16.6. The van der Waals surface area contributed by atoms with Gasteiger partial charge in [0.25, 0.3) is 0 Å². The first-order valence-corrected chi connectivity index (χ1v) is 10.5. The largest absolute Gasteiger partial charge is 0.449 e. The molecule has 0 bridgehead atoms. The van der Waals surface area contributed by atoms with E-state index in [0.717, 1.165) is 19.4 Å². The van der Waals surface area contributed by atoms with Crippen molar-refractivity contribution in [2.24, 2.45) is 5.92 Å². The molecule has 1 unspecified atom stereocenters. The lowest BCUT2D eigenvalue weighted by atomic mass is 9.72. The number of fused-ring (bicyclic) bond motifs is 2. The molecule has 3 aliphatic rings. The number of amides is 1. The van der Waals surface area contributed by atoms with Crippen LogP contribution in [0.4, 0.5) is 4.79 Å². The Kier molecular flexibility index (Phi) is 4.77. The maximum atomic E-state index is 12.2. The number of rotatable bonds is 3. The molecular formula is C22H29N3O3. The van der Waals surface area contributed by atoms with E-state index in [9.17, 15) is 4.79 Å². The fraction of sp³-hybridized carbons (Fsp3) is 0.591. The fourth-order valence-electron chi connectivity index (χ4n) is 5.41. The van der Waals surface area contributed by atoms with Crippen molar-refractivity contribution < 1.29 is 14.3 Å². The summed E-state index contributed by atoms with van der Waals surface area (Å²) in [5.41, 5.74) is 4.21. The summed E-state index contributed by atoms with van der Waals surface area (Å²) in [6, 6.07) is 7.23. The van der Waals surface area contributed by atoms with Gasteiger partial charge in [-0.1, -0.05) is 12.1 Å². The van der Waals surface area contributed by atoms with Crippen molar-refractivity contribution >= 4 is 17.0 Å². The minimum atomic E-state index is -0.190. The molecule has 0 spiro atoms. The van der Waals surface area contributed by atoms with Crippen molar-refractivity contribution in [3.63, 3.8) is 0 Å². The third-order valence-corrected chi connectivity index (χ3v) is 6.83. The number of H-pyrrole nitrogens is 1. The van der Waals surface area contributed by atoms with Gasteiger partial charge in [0.2, 0.25) is 0 Å². The molecule has 0 radical (unpaired) electrons. The summed E-state index contributed by atoms with van der Waals surface area (Å²) in [4.78, 5) is 19.9. The maximum absolute atomic E-state index is 12.2. The monoisotopic (exact) mass is 383 g/mol. The van der Waals surface area contributed by atoms with Crippen LogP contribution >= 0.6 is 0 Å². The summed E-state index contributed by atoms with van der Waals surface area (Å²) in [5.74, 6) is 1.12. The highest BCUT2D eigenvalue weighted by Gasteiger charge is 2.39. The van der Waals surface area contributed by atoms with Crippen molar-refractivity contribution in [2.75, 3.05) is 46.5 Å². The van der Waals surface area contributed by atoms with E-state index in [1.54, 1.807) is 4.90 Å². The number of hydrogen-bond donors (Lipinski definition) is 1. The maximum Gasteiger partial charge on any atom is 0.409 e. The highest BCUT2D eigenvalue weighted by Crippen LogP contribution is 2.44. The molecule has 1 amide bonds. The van der Waals surface area contributed by atoms with Crippen molar-refractivity contribution in [3.8, 4) is 0 Å². The Morgan fingerprint density at radius 2 is 2.18 bits per heavy atom. The second-order valence-electron chi connectivity index (χ2n) is 8.51. The predicted molar refractivity (Wildman–Crippen MR) is 108 cm³/mol. The zero-order valence-electron chi connectivity index (χ0n) is 16.5. The number of hydrogen-bond acceptors (Lipinski definition) is 4. The number of likely N-dealkylation sites (N-methyl/N-ethyl adjacent to an activating group) is 1. The zero-order chi connectivity index (χ0) is 19.1. The third-order valence-electron chi connectivity index (χ3n) is 6.83. The molecule has 1 aliphatic carbocycles. The van der Waals surface area contributed by atoms with Crippen molar-refractivity contribution in [1.29, 1.82) is 0 Å². The number of benzene rings is 1. The summed E-state index contributed by atoms with van der Waals surface area (Å²) in [7, 11) is 2.25. The highest BCUT2D eigenvalue weighted by molar-refractivity contribution is 5.88. The van der Waals surface area contributed by atoms with E-state index in [1.807, 2.05) is 0 Å². The van der Waals surface area contributed by atoms with Gasteiger partial charge in [-0.2, -0.15) is 0 Å². The average Bonchev–Trinajstić information content (AvgIpc) is 3.14. The summed E-state index contributed by atoms with van der Waals surface area (Å²) in [6.45, 7) is 4.07. The molecule has 28 heavy (non-hydrogen) atoms. The van der Waals surface area contributed by atoms with Gasteiger partial charge in [-0.05, 0) is 49.4 Å². The summed E-state index contributed by atoms with van der Waals surface area (Å²) < 4.78 is 10.9. The molecule has 1 aromatic carbocycles. The molecule has 2 aliphatic heterocycles. The summed E-state index contributed by atoms with van der Waals surface area (Å²) in [5, 5.41) is 1.44. The molecule has 5 rings (SSSR count). The lowest BCUT2D eigenvalue weighted by Gasteiger charge is -2.45. The Morgan fingerprint density at radius 3 is 3.04 bits per heavy atom. The van der Waals surface area contributed by atoms with E-state index < -0.39 is 0 Å². The number of piperidine rings is 1. The van der Waals surface area contributed by atoms with Gasteiger partial charge in [-0.3, -0.25) is 0 Å². The Labute approximate surface area is 165 Å². The lowest BCUT2D eigenvalue weighted by Crippen LogP contribution is -2.48. The van der Waals surface area contributed by atoms with Crippen LogP contribution in [0, 0.1) is 5.92 Å². The third kappa shape index (κ3) is 3.18. The number of nitrogens with zero attached hydrogens (tertiary/aromatic N) is 2. The molecule has 150 valence electrons. The molecule has 6 heteroatoms. The zero-order valence-corrected chi connectivity index (χ0v) is 16.5. The van der Waals surface area contributed by atoms with Crippen LogP contribution in [0.25, 0.3) is 10.9 Å². The predicted octanol–water partition coefficient (Wildman–Crippen LogP) is 2.99. The van der Waals surface area contributed by atoms with Crippen LogP contribution in [0.2, 0.25) is 0 Å². The SMILES string of the molecule is CN1C[C@H](CCOC(=O)N2CCOCC2)CC2c3cccc4[nH]cc(c34)C[C@H]21. The van der Waals surface area contributed by atoms with Crippen LogP contribution in [-0.2, 0) is 15.9 Å². The Balaban J connectivity index is 1.24. The quantitative estimate of drug-likeness (QED) is 0.885. The molecule has 6 nitrogen and oxygen atoms in total. The van der Waals surface area contributed by atoms with Crippen molar-refractivity contribution in [2.45, 2.75) is 31.2 Å². The summed E-state index contributed by atoms with van der Waals surface area (Å²) in [6.07, 6.45) is 5.23. The second kappa shape index (κ2) is 7.41. The van der Waals surface area contributed by atoms with E-state index in [4.69, 9.17) is 9.47 Å². The van der Waals surface area contributed by atoms with Crippen molar-refractivity contribution in [3.05, 3.63) is 35.5 Å². The van der Waals surface area contributed by atoms with E-state index in [1.165, 1.54) is 28.5 Å². The lowest BCUT2D eigenvalue weighted by molar-refractivity contribution is 0.0232. The number of carbonyl (C=O) groups excluding carboxylic acids is 1. The number of aromatic nitrogens is 1. The average molecular weight is 383 g/mol. The minimum Gasteiger partial charge on any atom is -0.449 e. The molecule has 2 aromatic rings. The summed E-state index contributed by atoms with van der Waals surface area (Å²) >= 11 is 0. The van der Waals surface area contributed by atoms with Gasteiger partial charge in [0.1, 0.15) is 0 Å². The van der Waals surface area contributed by atoms with Gasteiger partial charge in [0.05, 0.1) is 19.8 Å². The molecule has 3 atom stereocenters. The number of likely N-dealkylation sites (tertiary alicyclic amines) is 1. The number of aromatic amines is 1. The minimum absolute atomic E-state index is 0.190. The number of morpholine rings is 1. The molecule has 1 N–H and O–H groups in total. The molecule has 1 aromatic heterocycles. The Bertz CT molecular complexity index is 858. The fourth-order valence-corrected chi connectivity index (χ4v) is 5.41. The first kappa shape index (κ1) is 18.0. The van der Waals surface area contributed by atoms with Gasteiger partial charge in [-0.25, -0.2) is 4.79 Å². The normalized spacial score (nSPS) is 27.6. The molecule has 2 saturated heterocycles. The van der Waals surface area contributed by atoms with Crippen LogP contribution in [0.5, 0.6) is 0 Å². The molecule has 2 fully saturated rings. The number of nitrogens with one attached hydrogen (secondary N) is 1. The van der Waals surface area contributed by atoms with Gasteiger partial charge in [0.15, 0.2) is 0 Å². The van der Waals surface area contributed by atoms with E-state index >= 15 is 0 Å². The van der Waals surface area contributed by atoms with E-state index in [-0.39, 0.29) is 6.09 Å². The van der Waals surface area contributed by atoms with Gasteiger partial charge >= 0.3 is 6.09 Å². The number of carbonyl (C=O) groups is 1. The number of ether oxygens (including phenoxy) is 2. The van der Waals surface area contributed by atoms with E-state index in [2.05, 4.69) is 41.3 Å². The van der Waals surface area contributed by atoms with Gasteiger partial charge in [-0.15, -0.1) is 0 Å². The van der Waals surface area contributed by atoms with Crippen LogP contribution in [0.3, 0.4) is 0 Å². The second-order valence-corrected chi connectivity index (χ2v) is 8.51. The van der Waals surface area contributed by atoms with Crippen LogP contribution < -0.4 is 0 Å². The standard InChI is InChI=1S/C22H29N3O3/c1-24-14-15(5-8-28-22(26)25-6-9-27-10-7-25)11-18-17-3-2-4-19-21(17)16(13-23-19)12-20(18)24/h2-4,13,15,18,20,23H,5-12,14H2,1H3/t15-,18?,20-/m1/s1. The smallest absolute Gasteiger partial charge is 0.409 e. The van der Waals surface area contributed by atoms with Crippen molar-refractivity contribution in [1.82, 2.24) is 14.8 Å². The molecule has 3 heterocycles. The van der Waals surface area contributed by atoms with Crippen LogP contribution in [-0.4, -0.2) is 73.4 Å². The van der Waals surface area contributed by atoms with Crippen LogP contribution in [0.15, 0.2) is 24.4 Å². The Hall–Kier alpha value is -2.05. The molecule has 0 saturated carbocycles. The first-order valence-electron chi connectivity index (χ1n) is 10.5. The first-order chi connectivity index (χ1) is 13.7. The Morgan fingerprint density at radius 1 is 1.32 bits per heavy atom. The van der Waals surface area contributed by atoms with Crippen LogP contribution in [0.1, 0.15) is 29.9 Å². The van der Waals surface area contributed by atoms with Gasteiger partial charge in [0, 0.05) is 48.7 Å². The van der Waals surface area contributed by atoms with E-state index in [0.29, 0.717) is 50.8 Å².